The van der Waals surface area contributed by atoms with Crippen LogP contribution in [0.1, 0.15) is 18.9 Å². The lowest BCUT2D eigenvalue weighted by Crippen LogP contribution is -2.04. The van der Waals surface area contributed by atoms with E-state index in [1.165, 1.54) is 0 Å². The first-order chi connectivity index (χ1) is 8.83. The third-order valence-electron chi connectivity index (χ3n) is 2.54. The summed E-state index contributed by atoms with van der Waals surface area (Å²) in [5, 5.41) is 4.22. The van der Waals surface area contributed by atoms with Crippen molar-refractivity contribution in [2.75, 3.05) is 6.54 Å². The van der Waals surface area contributed by atoms with E-state index in [4.69, 9.17) is 10.5 Å². The van der Waals surface area contributed by atoms with Gasteiger partial charge in [-0.25, -0.2) is 4.98 Å². The fourth-order valence-electron chi connectivity index (χ4n) is 1.72. The van der Waals surface area contributed by atoms with Gasteiger partial charge in [-0.3, -0.25) is 4.68 Å². The Morgan fingerprint density at radius 3 is 3.11 bits per heavy atom. The fourth-order valence-corrected chi connectivity index (χ4v) is 1.72. The average Bonchev–Trinajstić information content (AvgIpc) is 2.80. The minimum absolute atomic E-state index is 0.581. The molecule has 0 fully saturated rings. The second kappa shape index (κ2) is 6.16. The molecule has 2 heterocycles. The maximum Gasteiger partial charge on any atom is 0.222 e. The summed E-state index contributed by atoms with van der Waals surface area (Å²) in [4.78, 5) is 4.23. The molecule has 2 aromatic rings. The van der Waals surface area contributed by atoms with Gasteiger partial charge in [0.15, 0.2) is 5.75 Å². The number of nitrogens with two attached hydrogens (primary N) is 1. The molecule has 0 atom stereocenters. The molecule has 0 radical (unpaired) electrons. The quantitative estimate of drug-likeness (QED) is 0.846. The van der Waals surface area contributed by atoms with E-state index in [9.17, 15) is 0 Å². The van der Waals surface area contributed by atoms with Crippen LogP contribution >= 0.6 is 0 Å². The van der Waals surface area contributed by atoms with Crippen LogP contribution in [-0.2, 0) is 13.0 Å². The zero-order valence-corrected chi connectivity index (χ0v) is 10.5. The summed E-state index contributed by atoms with van der Waals surface area (Å²) in [6.07, 6.45) is 7.10. The second-order valence-corrected chi connectivity index (χ2v) is 4.05. The van der Waals surface area contributed by atoms with E-state index in [2.05, 4.69) is 17.0 Å². The van der Waals surface area contributed by atoms with Crippen LogP contribution < -0.4 is 10.5 Å². The predicted molar refractivity (Wildman–Crippen MR) is 69.6 cm³/mol. The molecule has 0 unspecified atom stereocenters. The molecule has 18 heavy (non-hydrogen) atoms. The average molecular weight is 246 g/mol. The van der Waals surface area contributed by atoms with Gasteiger partial charge in [0.2, 0.25) is 5.88 Å². The Morgan fingerprint density at radius 1 is 1.44 bits per heavy atom. The maximum absolute atomic E-state index is 5.74. The van der Waals surface area contributed by atoms with Gasteiger partial charge < -0.3 is 10.5 Å². The topological polar surface area (TPSA) is 66.0 Å². The van der Waals surface area contributed by atoms with Crippen molar-refractivity contribution in [1.29, 1.82) is 0 Å². The van der Waals surface area contributed by atoms with Gasteiger partial charge in [-0.05, 0) is 25.5 Å². The van der Waals surface area contributed by atoms with E-state index in [0.717, 1.165) is 24.9 Å². The zero-order chi connectivity index (χ0) is 12.8. The summed E-state index contributed by atoms with van der Waals surface area (Å²) in [6.45, 7) is 3.58. The minimum atomic E-state index is 0.581. The van der Waals surface area contributed by atoms with Gasteiger partial charge in [0.25, 0.3) is 0 Å². The number of pyridine rings is 1. The highest BCUT2D eigenvalue weighted by Crippen LogP contribution is 2.22. The molecule has 0 bridgehead atoms. The van der Waals surface area contributed by atoms with Gasteiger partial charge >= 0.3 is 0 Å². The van der Waals surface area contributed by atoms with Crippen molar-refractivity contribution in [3.05, 3.63) is 36.3 Å². The molecular weight excluding hydrogens is 228 g/mol. The van der Waals surface area contributed by atoms with Gasteiger partial charge in [-0.15, -0.1) is 0 Å². The molecule has 0 spiro atoms. The summed E-state index contributed by atoms with van der Waals surface area (Å²) in [7, 11) is 0. The van der Waals surface area contributed by atoms with Crippen LogP contribution in [0.4, 0.5) is 0 Å². The van der Waals surface area contributed by atoms with Gasteiger partial charge in [-0.2, -0.15) is 5.10 Å². The normalized spacial score (nSPS) is 10.6. The van der Waals surface area contributed by atoms with Gasteiger partial charge in [-0.1, -0.05) is 13.0 Å². The lowest BCUT2D eigenvalue weighted by molar-refractivity contribution is 0.454. The van der Waals surface area contributed by atoms with Crippen molar-refractivity contribution in [1.82, 2.24) is 14.8 Å². The summed E-state index contributed by atoms with van der Waals surface area (Å²) in [5.74, 6) is 1.32. The number of hydrogen-bond donors (Lipinski definition) is 1. The Hall–Kier alpha value is -1.88. The zero-order valence-electron chi connectivity index (χ0n) is 10.5. The lowest BCUT2D eigenvalue weighted by Gasteiger charge is -2.06. The SMILES string of the molecule is CCCn1cc(Oc2ncccc2CCN)cn1. The van der Waals surface area contributed by atoms with Crippen LogP contribution in [0.3, 0.4) is 0 Å². The van der Waals surface area contributed by atoms with Gasteiger partial charge in [0.1, 0.15) is 0 Å². The number of aryl methyl sites for hydroxylation is 1. The van der Waals surface area contributed by atoms with Gasteiger partial charge in [0.05, 0.1) is 12.4 Å². The Labute approximate surface area is 107 Å². The summed E-state index contributed by atoms with van der Waals surface area (Å²) in [6, 6.07) is 3.87. The van der Waals surface area contributed by atoms with E-state index in [0.29, 0.717) is 18.2 Å². The highest BCUT2D eigenvalue weighted by molar-refractivity contribution is 5.30. The van der Waals surface area contributed by atoms with Gasteiger partial charge in [0, 0.05) is 18.3 Å². The molecule has 0 aliphatic rings. The van der Waals surface area contributed by atoms with Crippen molar-refractivity contribution < 1.29 is 4.74 Å². The number of nitrogens with zero attached hydrogens (tertiary/aromatic N) is 3. The molecule has 2 aromatic heterocycles. The molecule has 2 N–H and O–H groups in total. The first kappa shape index (κ1) is 12.6. The molecule has 0 aromatic carbocycles. The maximum atomic E-state index is 5.74. The van der Waals surface area contributed by atoms with Crippen molar-refractivity contribution >= 4 is 0 Å². The van der Waals surface area contributed by atoms with E-state index in [1.807, 2.05) is 23.0 Å². The molecule has 5 nitrogen and oxygen atoms in total. The Morgan fingerprint density at radius 2 is 2.33 bits per heavy atom. The summed E-state index contributed by atoms with van der Waals surface area (Å²) >= 11 is 0. The molecule has 0 saturated heterocycles. The molecule has 96 valence electrons. The second-order valence-electron chi connectivity index (χ2n) is 4.05. The van der Waals surface area contributed by atoms with Crippen molar-refractivity contribution in [3.63, 3.8) is 0 Å². The highest BCUT2D eigenvalue weighted by Gasteiger charge is 2.06. The lowest BCUT2D eigenvalue weighted by atomic mass is 10.2. The first-order valence-electron chi connectivity index (χ1n) is 6.17. The Kier molecular flexibility index (Phi) is 4.30. The van der Waals surface area contributed by atoms with E-state index >= 15 is 0 Å². The van der Waals surface area contributed by atoms with Crippen LogP contribution in [0.15, 0.2) is 30.7 Å². The third-order valence-corrected chi connectivity index (χ3v) is 2.54. The number of hydrogen-bond acceptors (Lipinski definition) is 4. The van der Waals surface area contributed by atoms with E-state index < -0.39 is 0 Å². The van der Waals surface area contributed by atoms with Crippen molar-refractivity contribution in [3.8, 4) is 11.6 Å². The molecule has 5 heteroatoms. The molecule has 0 amide bonds. The minimum Gasteiger partial charge on any atom is -0.435 e. The number of ether oxygens (including phenoxy) is 1. The first-order valence-corrected chi connectivity index (χ1v) is 6.17. The van der Waals surface area contributed by atoms with Crippen molar-refractivity contribution in [2.45, 2.75) is 26.3 Å². The van der Waals surface area contributed by atoms with Crippen LogP contribution in [0, 0.1) is 0 Å². The van der Waals surface area contributed by atoms with Crippen molar-refractivity contribution in [2.24, 2.45) is 5.73 Å². The molecule has 0 aliphatic heterocycles. The molecular formula is C13H18N4O. The largest absolute Gasteiger partial charge is 0.435 e. The molecule has 0 saturated carbocycles. The summed E-state index contributed by atoms with van der Waals surface area (Å²) in [5.41, 5.74) is 6.58. The summed E-state index contributed by atoms with van der Waals surface area (Å²) < 4.78 is 7.60. The van der Waals surface area contributed by atoms with Crippen LogP contribution in [0.2, 0.25) is 0 Å². The third kappa shape index (κ3) is 3.07. The predicted octanol–water partition coefficient (Wildman–Crippen LogP) is 1.98. The van der Waals surface area contributed by atoms with Crippen LogP contribution in [-0.4, -0.2) is 21.3 Å². The van der Waals surface area contributed by atoms with Crippen LogP contribution in [0.5, 0.6) is 11.6 Å². The fraction of sp³-hybridized carbons (Fsp3) is 0.385. The Bertz CT molecular complexity index is 495. The number of aromatic nitrogens is 3. The monoisotopic (exact) mass is 246 g/mol. The molecule has 2 rings (SSSR count). The van der Waals surface area contributed by atoms with E-state index in [1.54, 1.807) is 12.4 Å². The van der Waals surface area contributed by atoms with E-state index in [-0.39, 0.29) is 0 Å². The molecule has 0 aliphatic carbocycles. The van der Waals surface area contributed by atoms with Crippen LogP contribution in [0.25, 0.3) is 0 Å². The smallest absolute Gasteiger partial charge is 0.222 e. The number of rotatable bonds is 6. The standard InChI is InChI=1S/C13H18N4O/c1-2-8-17-10-12(9-16-17)18-13-11(5-6-14)4-3-7-15-13/h3-4,7,9-10H,2,5-6,8,14H2,1H3. The highest BCUT2D eigenvalue weighted by atomic mass is 16.5. The Balaban J connectivity index is 2.12.